The number of unbranched alkanes of at least 4 members (excludes halogenated alkanes) is 5. The summed E-state index contributed by atoms with van der Waals surface area (Å²) >= 11 is 0. The van der Waals surface area contributed by atoms with Crippen LogP contribution >= 0.6 is 0 Å². The summed E-state index contributed by atoms with van der Waals surface area (Å²) in [5, 5.41) is 9.48. The second-order valence-electron chi connectivity index (χ2n) is 26.9. The van der Waals surface area contributed by atoms with E-state index in [0.29, 0.717) is 112 Å². The predicted octanol–water partition coefficient (Wildman–Crippen LogP) is 9.01. The smallest absolute Gasteiger partial charge is 0.308 e. The standard InChI is InChI=1S/C60H102N8O8S2/c61-63-41-17-25-45(26-18-41)77(71,72)47-29-21-43(22-30-47)65-67-57-51-13-7-5-11-49(51)55-37-39(15-33-53(55)57)59(69)75-35-9-3-1-2-4-10-36-76-60(70)40-16-34-54-56(38-40)50-12-6-8-14-52(50)58(54)68-66-44-23-31-48(32-24-44)78(73,74)46-27-19-42(64-62)20-28-46/h39-56,63-66H,1-38,61-62H2/b67-57+,68-58+. The van der Waals surface area contributed by atoms with Crippen molar-refractivity contribution in [3.63, 3.8) is 0 Å². The van der Waals surface area contributed by atoms with Crippen molar-refractivity contribution in [3.05, 3.63) is 0 Å². The lowest BCUT2D eigenvalue weighted by atomic mass is 9.70. The van der Waals surface area contributed by atoms with Gasteiger partial charge >= 0.3 is 11.9 Å². The molecule has 10 rings (SSSR count). The summed E-state index contributed by atoms with van der Waals surface area (Å²) in [4.78, 5) is 26.9. The Bertz CT molecular complexity index is 2100. The SMILES string of the molecule is NNC1CCC(S(=O)(=O)C2CCC(N/N=C3\C4CCCCC4C4CC(C(=O)OCCCCCCCCOC(=O)C5CCC6/C(=N/NC7CCC(S(=O)(=O)C8CCC(NN)CC8)CC7)C7CCCCC7C6C5)CCC34)CC2)CC1. The first-order chi connectivity index (χ1) is 37.9. The molecule has 10 fully saturated rings. The molecule has 10 saturated carbocycles. The molecule has 16 nitrogen and oxygen atoms in total. The van der Waals surface area contributed by atoms with Gasteiger partial charge in [0.1, 0.15) is 0 Å². The molecule has 0 amide bonds. The maximum absolute atomic E-state index is 13.6. The molecular formula is C60H102N8O8S2. The first-order valence-electron chi connectivity index (χ1n) is 32.3. The monoisotopic (exact) mass is 1130 g/mol. The minimum Gasteiger partial charge on any atom is -0.465 e. The molecule has 10 aliphatic rings. The van der Waals surface area contributed by atoms with Crippen molar-refractivity contribution < 1.29 is 35.9 Å². The number of hydrogen-bond acceptors (Lipinski definition) is 16. The Balaban J connectivity index is 0.583. The highest BCUT2D eigenvalue weighted by molar-refractivity contribution is 7.92. The summed E-state index contributed by atoms with van der Waals surface area (Å²) in [7, 11) is -6.28. The van der Waals surface area contributed by atoms with Gasteiger partial charge in [0.15, 0.2) is 19.7 Å². The molecule has 0 radical (unpaired) electrons. The number of fused-ring (bicyclic) bond motifs is 6. The number of carbonyl (C=O) groups excluding carboxylic acids is 2. The van der Waals surface area contributed by atoms with Gasteiger partial charge in [-0.3, -0.25) is 32.1 Å². The van der Waals surface area contributed by atoms with Gasteiger partial charge in [0, 0.05) is 59.3 Å². The average Bonchev–Trinajstić information content (AvgIpc) is 4.14. The summed E-state index contributed by atoms with van der Waals surface area (Å²) in [6, 6.07) is 0.894. The van der Waals surface area contributed by atoms with Crippen molar-refractivity contribution in [1.82, 2.24) is 21.7 Å². The Labute approximate surface area is 469 Å². The lowest BCUT2D eigenvalue weighted by molar-refractivity contribution is -0.151. The molecule has 442 valence electrons. The van der Waals surface area contributed by atoms with Crippen LogP contribution in [-0.4, -0.2) is 98.6 Å². The van der Waals surface area contributed by atoms with Crippen molar-refractivity contribution in [2.75, 3.05) is 13.2 Å². The van der Waals surface area contributed by atoms with Gasteiger partial charge in [-0.2, -0.15) is 10.2 Å². The molecule has 10 unspecified atom stereocenters. The van der Waals surface area contributed by atoms with Gasteiger partial charge in [0.25, 0.3) is 0 Å². The number of nitrogens with zero attached hydrogens (tertiary/aromatic N) is 2. The highest BCUT2D eigenvalue weighted by Crippen LogP contribution is 2.55. The largest absolute Gasteiger partial charge is 0.465 e. The van der Waals surface area contributed by atoms with E-state index in [-0.39, 0.29) is 68.9 Å². The molecule has 18 heteroatoms. The number of sulfone groups is 2. The molecule has 0 spiro atoms. The molecular weight excluding hydrogens is 1020 g/mol. The summed E-state index contributed by atoms with van der Waals surface area (Å²) in [5.41, 5.74) is 15.5. The van der Waals surface area contributed by atoms with Crippen LogP contribution < -0.4 is 33.4 Å². The van der Waals surface area contributed by atoms with E-state index in [9.17, 15) is 26.4 Å². The van der Waals surface area contributed by atoms with Gasteiger partial charge < -0.3 is 20.3 Å². The molecule has 0 aromatic rings. The van der Waals surface area contributed by atoms with E-state index in [2.05, 4.69) is 21.7 Å². The summed E-state index contributed by atoms with van der Waals surface area (Å²) in [6.45, 7) is 0.972. The first kappa shape index (κ1) is 58.8. The zero-order valence-electron chi connectivity index (χ0n) is 47.4. The predicted molar refractivity (Wildman–Crippen MR) is 307 cm³/mol. The summed E-state index contributed by atoms with van der Waals surface area (Å²) in [5.74, 6) is 15.2. The van der Waals surface area contributed by atoms with Crippen LogP contribution in [-0.2, 0) is 38.7 Å². The Morgan fingerprint density at radius 1 is 0.397 bits per heavy atom. The van der Waals surface area contributed by atoms with E-state index < -0.39 is 19.7 Å². The summed E-state index contributed by atoms with van der Waals surface area (Å²) in [6.07, 6.45) is 33.7. The van der Waals surface area contributed by atoms with E-state index in [1.165, 1.54) is 62.8 Å². The number of ether oxygens (including phenoxy) is 2. The number of hydrogen-bond donors (Lipinski definition) is 6. The van der Waals surface area contributed by atoms with Crippen molar-refractivity contribution in [1.29, 1.82) is 0 Å². The number of rotatable bonds is 21. The lowest BCUT2D eigenvalue weighted by Gasteiger charge is -2.34. The minimum atomic E-state index is -3.14. The fourth-order valence-corrected chi connectivity index (χ4v) is 22.8. The van der Waals surface area contributed by atoms with Gasteiger partial charge in [-0.25, -0.2) is 16.8 Å². The molecule has 0 bridgehead atoms. The molecule has 10 aliphatic carbocycles. The third-order valence-corrected chi connectivity index (χ3v) is 28.1. The van der Waals surface area contributed by atoms with E-state index >= 15 is 0 Å². The molecule has 78 heavy (non-hydrogen) atoms. The van der Waals surface area contributed by atoms with Crippen LogP contribution in [0.5, 0.6) is 0 Å². The van der Waals surface area contributed by atoms with Gasteiger partial charge in [-0.05, 0) is 203 Å². The fraction of sp³-hybridized carbons (Fsp3) is 0.933. The number of carbonyl (C=O) groups is 2. The molecule has 10 atom stereocenters. The van der Waals surface area contributed by atoms with Gasteiger partial charge in [0.2, 0.25) is 0 Å². The van der Waals surface area contributed by atoms with E-state index in [1.54, 1.807) is 0 Å². The van der Waals surface area contributed by atoms with Crippen LogP contribution in [0.2, 0.25) is 0 Å². The van der Waals surface area contributed by atoms with E-state index in [4.69, 9.17) is 31.4 Å². The van der Waals surface area contributed by atoms with Crippen LogP contribution in [0.1, 0.15) is 231 Å². The molecule has 0 saturated heterocycles. The van der Waals surface area contributed by atoms with Crippen LogP contribution in [0.3, 0.4) is 0 Å². The van der Waals surface area contributed by atoms with E-state index in [0.717, 1.165) is 128 Å². The topological polar surface area (TPSA) is 246 Å². The normalized spacial score (nSPS) is 40.3. The Kier molecular flexibility index (Phi) is 20.6. The number of esters is 2. The molecule has 8 N–H and O–H groups in total. The number of nitrogens with one attached hydrogen (secondary N) is 4. The van der Waals surface area contributed by atoms with Gasteiger partial charge in [-0.15, -0.1) is 0 Å². The molecule has 0 aromatic carbocycles. The highest BCUT2D eigenvalue weighted by Gasteiger charge is 2.54. The van der Waals surface area contributed by atoms with Gasteiger partial charge in [-0.1, -0.05) is 51.4 Å². The van der Waals surface area contributed by atoms with Crippen molar-refractivity contribution in [2.24, 2.45) is 81.1 Å². The van der Waals surface area contributed by atoms with Gasteiger partial charge in [0.05, 0.1) is 46.0 Å². The third-order valence-electron chi connectivity index (χ3n) is 22.5. The van der Waals surface area contributed by atoms with Crippen LogP contribution in [0.25, 0.3) is 0 Å². The maximum Gasteiger partial charge on any atom is 0.308 e. The lowest BCUT2D eigenvalue weighted by Crippen LogP contribution is -2.44. The second-order valence-corrected chi connectivity index (χ2v) is 31.9. The quantitative estimate of drug-likeness (QED) is 0.0272. The molecule has 0 heterocycles. The zero-order chi connectivity index (χ0) is 54.2. The molecule has 0 aliphatic heterocycles. The fourth-order valence-electron chi connectivity index (χ4n) is 18.0. The molecule has 0 aromatic heterocycles. The number of nitrogens with two attached hydrogens (primary N) is 2. The van der Waals surface area contributed by atoms with Crippen molar-refractivity contribution in [3.8, 4) is 0 Å². The first-order valence-corrected chi connectivity index (χ1v) is 35.5. The van der Waals surface area contributed by atoms with Crippen molar-refractivity contribution >= 4 is 43.0 Å². The minimum absolute atomic E-state index is 0.0105. The Hall–Kier alpha value is -2.38. The third kappa shape index (κ3) is 13.7. The zero-order valence-corrected chi connectivity index (χ0v) is 49.0. The van der Waals surface area contributed by atoms with Crippen LogP contribution in [0, 0.1) is 59.2 Å². The van der Waals surface area contributed by atoms with E-state index in [1.807, 2.05) is 0 Å². The highest BCUT2D eigenvalue weighted by atomic mass is 32.2. The number of hydrazine groups is 2. The second kappa shape index (κ2) is 27.3. The average molecular weight is 1130 g/mol. The Morgan fingerprint density at radius 2 is 0.718 bits per heavy atom. The number of hydrazone groups is 2. The Morgan fingerprint density at radius 3 is 1.08 bits per heavy atom. The van der Waals surface area contributed by atoms with Crippen LogP contribution in [0.15, 0.2) is 10.2 Å². The van der Waals surface area contributed by atoms with Crippen LogP contribution in [0.4, 0.5) is 0 Å². The van der Waals surface area contributed by atoms with Crippen molar-refractivity contribution in [2.45, 2.75) is 276 Å². The maximum atomic E-state index is 13.6. The summed E-state index contributed by atoms with van der Waals surface area (Å²) < 4.78 is 66.1.